The lowest BCUT2D eigenvalue weighted by Gasteiger charge is -2.09. The molecule has 7 nitrogen and oxygen atoms in total. The van der Waals surface area contributed by atoms with Gasteiger partial charge in [0.15, 0.2) is 11.5 Å². The number of nitrogens with one attached hydrogen (secondary N) is 1. The van der Waals surface area contributed by atoms with Crippen LogP contribution in [0.3, 0.4) is 0 Å². The van der Waals surface area contributed by atoms with Crippen LogP contribution in [0.15, 0.2) is 63.8 Å². The summed E-state index contributed by atoms with van der Waals surface area (Å²) in [5.41, 5.74) is 2.91. The van der Waals surface area contributed by atoms with Crippen molar-refractivity contribution in [1.29, 1.82) is 0 Å². The zero-order valence-electron chi connectivity index (χ0n) is 15.3. The van der Waals surface area contributed by atoms with E-state index in [1.807, 2.05) is 19.1 Å². The fraction of sp³-hybridized carbons (Fsp3) is 0.190. The van der Waals surface area contributed by atoms with E-state index in [0.29, 0.717) is 59.3 Å². The topological polar surface area (TPSA) is 90.4 Å². The number of carbonyl (C=O) groups is 1. The highest BCUT2D eigenvalue weighted by Crippen LogP contribution is 2.31. The van der Waals surface area contributed by atoms with Crippen molar-refractivity contribution in [3.63, 3.8) is 0 Å². The van der Waals surface area contributed by atoms with Gasteiger partial charge in [0.1, 0.15) is 11.4 Å². The molecule has 0 aliphatic carbocycles. The second kappa shape index (κ2) is 8.06. The fourth-order valence-corrected chi connectivity index (χ4v) is 2.85. The molecule has 3 heterocycles. The summed E-state index contributed by atoms with van der Waals surface area (Å²) in [7, 11) is 0. The number of hydrogen-bond donors (Lipinski definition) is 1. The summed E-state index contributed by atoms with van der Waals surface area (Å²) in [6.45, 7) is 3.46. The molecule has 7 heteroatoms. The number of amides is 1. The van der Waals surface area contributed by atoms with E-state index in [2.05, 4.69) is 5.32 Å². The molecule has 4 rings (SSSR count). The van der Waals surface area contributed by atoms with Gasteiger partial charge in [0.05, 0.1) is 30.2 Å². The van der Waals surface area contributed by atoms with Gasteiger partial charge in [0.25, 0.3) is 5.91 Å². The number of nitrogens with zero attached hydrogens (tertiary/aromatic N) is 2. The third-order valence-corrected chi connectivity index (χ3v) is 4.17. The van der Waals surface area contributed by atoms with E-state index in [-0.39, 0.29) is 5.91 Å². The second-order valence-corrected chi connectivity index (χ2v) is 6.03. The molecular formula is C21H19N3O4. The van der Waals surface area contributed by atoms with Gasteiger partial charge in [-0.1, -0.05) is 0 Å². The smallest absolute Gasteiger partial charge is 0.251 e. The summed E-state index contributed by atoms with van der Waals surface area (Å²) in [6, 6.07) is 12.4. The highest BCUT2D eigenvalue weighted by molar-refractivity contribution is 5.97. The third-order valence-electron chi connectivity index (χ3n) is 4.17. The molecule has 0 saturated carbocycles. The molecule has 0 fully saturated rings. The predicted octanol–water partition coefficient (Wildman–Crippen LogP) is 3.92. The third kappa shape index (κ3) is 3.65. The Hall–Kier alpha value is -3.45. The van der Waals surface area contributed by atoms with E-state index in [4.69, 9.17) is 23.5 Å². The van der Waals surface area contributed by atoms with Crippen molar-refractivity contribution in [2.45, 2.75) is 6.92 Å². The Bertz CT molecular complexity index is 1070. The fourth-order valence-electron chi connectivity index (χ4n) is 2.85. The van der Waals surface area contributed by atoms with Crippen molar-refractivity contribution in [2.75, 3.05) is 19.8 Å². The van der Waals surface area contributed by atoms with Crippen LogP contribution in [0.25, 0.3) is 33.9 Å². The zero-order chi connectivity index (χ0) is 19.3. The number of hydrogen-bond acceptors (Lipinski definition) is 6. The Labute approximate surface area is 161 Å². The lowest BCUT2D eigenvalue weighted by atomic mass is 10.1. The van der Waals surface area contributed by atoms with E-state index in [1.165, 1.54) is 0 Å². The number of carbonyl (C=O) groups excluding carboxylic acids is 1. The van der Waals surface area contributed by atoms with E-state index in [1.54, 1.807) is 42.9 Å². The van der Waals surface area contributed by atoms with Crippen LogP contribution in [0.2, 0.25) is 0 Å². The number of furan rings is 2. The van der Waals surface area contributed by atoms with Crippen molar-refractivity contribution in [3.8, 4) is 22.9 Å². The Morgan fingerprint density at radius 1 is 1.00 bits per heavy atom. The maximum absolute atomic E-state index is 12.4. The molecule has 28 heavy (non-hydrogen) atoms. The van der Waals surface area contributed by atoms with Gasteiger partial charge in [-0.2, -0.15) is 0 Å². The van der Waals surface area contributed by atoms with Crippen molar-refractivity contribution in [2.24, 2.45) is 0 Å². The monoisotopic (exact) mass is 377 g/mol. The van der Waals surface area contributed by atoms with Crippen LogP contribution in [0, 0.1) is 0 Å². The first-order chi connectivity index (χ1) is 13.8. The van der Waals surface area contributed by atoms with Gasteiger partial charge in [-0.15, -0.1) is 0 Å². The van der Waals surface area contributed by atoms with Crippen molar-refractivity contribution < 1.29 is 18.4 Å². The number of fused-ring (bicyclic) bond motifs is 1. The molecule has 1 N–H and O–H groups in total. The molecule has 4 aromatic rings. The predicted molar refractivity (Wildman–Crippen MR) is 104 cm³/mol. The van der Waals surface area contributed by atoms with Crippen LogP contribution in [0.5, 0.6) is 0 Å². The van der Waals surface area contributed by atoms with Gasteiger partial charge in [-0.05, 0) is 49.4 Å². The summed E-state index contributed by atoms with van der Waals surface area (Å²) in [5, 5.41) is 2.83. The molecular weight excluding hydrogens is 358 g/mol. The average molecular weight is 377 g/mol. The lowest BCUT2D eigenvalue weighted by Crippen LogP contribution is -2.27. The summed E-state index contributed by atoms with van der Waals surface area (Å²) in [4.78, 5) is 21.8. The molecule has 0 atom stereocenters. The zero-order valence-corrected chi connectivity index (χ0v) is 15.3. The Kier molecular flexibility index (Phi) is 5.16. The summed E-state index contributed by atoms with van der Waals surface area (Å²) in [5.74, 6) is 0.990. The van der Waals surface area contributed by atoms with Gasteiger partial charge >= 0.3 is 0 Å². The number of rotatable bonds is 7. The molecule has 0 radical (unpaired) electrons. The summed E-state index contributed by atoms with van der Waals surface area (Å²) >= 11 is 0. The number of ether oxygens (including phenoxy) is 1. The SMILES string of the molecule is CCOCCNC(=O)c1ccc2nc(-c3ccco3)c(-c3ccco3)nc2c1. The second-order valence-electron chi connectivity index (χ2n) is 6.03. The Balaban J connectivity index is 1.71. The van der Waals surface area contributed by atoms with Gasteiger partial charge in [-0.3, -0.25) is 4.79 Å². The van der Waals surface area contributed by atoms with Crippen molar-refractivity contribution in [1.82, 2.24) is 15.3 Å². The standard InChI is InChI=1S/C21H19N3O4/c1-2-26-12-9-22-21(25)14-7-8-15-16(13-14)24-20(18-6-4-11-28-18)19(23-15)17-5-3-10-27-17/h3-8,10-11,13H,2,9,12H2,1H3,(H,22,25). The largest absolute Gasteiger partial charge is 0.463 e. The Morgan fingerprint density at radius 2 is 1.68 bits per heavy atom. The minimum absolute atomic E-state index is 0.182. The van der Waals surface area contributed by atoms with Crippen molar-refractivity contribution >= 4 is 16.9 Å². The van der Waals surface area contributed by atoms with E-state index in [0.717, 1.165) is 0 Å². The maximum atomic E-state index is 12.4. The molecule has 3 aromatic heterocycles. The highest BCUT2D eigenvalue weighted by atomic mass is 16.5. The average Bonchev–Trinajstić information content (AvgIpc) is 3.44. The minimum Gasteiger partial charge on any atom is -0.463 e. The van der Waals surface area contributed by atoms with Crippen LogP contribution in [0.4, 0.5) is 0 Å². The van der Waals surface area contributed by atoms with E-state index >= 15 is 0 Å². The number of benzene rings is 1. The Morgan fingerprint density at radius 3 is 2.29 bits per heavy atom. The minimum atomic E-state index is -0.182. The summed E-state index contributed by atoms with van der Waals surface area (Å²) in [6.07, 6.45) is 3.16. The quantitative estimate of drug-likeness (QED) is 0.491. The van der Waals surface area contributed by atoms with Gasteiger partial charge in [0.2, 0.25) is 0 Å². The maximum Gasteiger partial charge on any atom is 0.251 e. The highest BCUT2D eigenvalue weighted by Gasteiger charge is 2.18. The normalized spacial score (nSPS) is 11.0. The molecule has 0 saturated heterocycles. The van der Waals surface area contributed by atoms with Crippen molar-refractivity contribution in [3.05, 3.63) is 60.6 Å². The van der Waals surface area contributed by atoms with E-state index < -0.39 is 0 Å². The van der Waals surface area contributed by atoms with Gasteiger partial charge in [-0.25, -0.2) is 9.97 Å². The lowest BCUT2D eigenvalue weighted by molar-refractivity contribution is 0.0922. The molecule has 0 aliphatic rings. The molecule has 1 aromatic carbocycles. The van der Waals surface area contributed by atoms with Gasteiger partial charge in [0, 0.05) is 18.7 Å². The molecule has 0 aliphatic heterocycles. The molecule has 0 bridgehead atoms. The first kappa shape index (κ1) is 17.9. The number of aromatic nitrogens is 2. The van der Waals surface area contributed by atoms with Crippen LogP contribution < -0.4 is 5.32 Å². The van der Waals surface area contributed by atoms with Crippen LogP contribution in [-0.4, -0.2) is 35.6 Å². The first-order valence-electron chi connectivity index (χ1n) is 9.01. The van der Waals surface area contributed by atoms with E-state index in [9.17, 15) is 4.79 Å². The molecule has 0 unspecified atom stereocenters. The van der Waals surface area contributed by atoms with Crippen LogP contribution in [-0.2, 0) is 4.74 Å². The van der Waals surface area contributed by atoms with Crippen LogP contribution >= 0.6 is 0 Å². The molecule has 1 amide bonds. The van der Waals surface area contributed by atoms with Crippen LogP contribution in [0.1, 0.15) is 17.3 Å². The molecule has 142 valence electrons. The summed E-state index contributed by atoms with van der Waals surface area (Å²) < 4.78 is 16.3. The first-order valence-corrected chi connectivity index (χ1v) is 9.01. The van der Waals surface area contributed by atoms with Gasteiger partial charge < -0.3 is 18.9 Å². The molecule has 0 spiro atoms.